The molecule has 12 heavy (non-hydrogen) atoms. The Morgan fingerprint density at radius 1 is 1.67 bits per heavy atom. The van der Waals surface area contributed by atoms with Crippen molar-refractivity contribution in [2.45, 2.75) is 0 Å². The van der Waals surface area contributed by atoms with Crippen LogP contribution in [-0.2, 0) is 0 Å². The molecule has 0 atom stereocenters. The Kier molecular flexibility index (Phi) is 2.00. The van der Waals surface area contributed by atoms with Gasteiger partial charge in [0.1, 0.15) is 5.56 Å². The summed E-state index contributed by atoms with van der Waals surface area (Å²) in [6.45, 7) is 0. The van der Waals surface area contributed by atoms with Crippen LogP contribution in [0, 0.1) is 10.1 Å². The van der Waals surface area contributed by atoms with E-state index in [9.17, 15) is 14.9 Å². The minimum absolute atomic E-state index is 0.178. The predicted molar refractivity (Wildman–Crippen MR) is 39.4 cm³/mol. The highest BCUT2D eigenvalue weighted by atomic mass is 16.6. The van der Waals surface area contributed by atoms with E-state index in [1.54, 1.807) is 0 Å². The standard InChI is InChI=1S/C6H5N3O3/c7-6(10)4-3-8-2-1-5(4)9(11)12/h1-3H,(H2,7,10). The number of hydrogen-bond donors (Lipinski definition) is 1. The Balaban J connectivity index is 3.27. The Morgan fingerprint density at radius 2 is 2.33 bits per heavy atom. The summed E-state index contributed by atoms with van der Waals surface area (Å²) in [4.78, 5) is 23.8. The second-order valence-corrected chi connectivity index (χ2v) is 2.01. The van der Waals surface area contributed by atoms with Crippen LogP contribution in [0.4, 0.5) is 5.69 Å². The van der Waals surface area contributed by atoms with Gasteiger partial charge in [-0.25, -0.2) is 0 Å². The van der Waals surface area contributed by atoms with Gasteiger partial charge >= 0.3 is 0 Å². The zero-order valence-corrected chi connectivity index (χ0v) is 5.93. The Morgan fingerprint density at radius 3 is 2.75 bits per heavy atom. The van der Waals surface area contributed by atoms with Crippen molar-refractivity contribution in [1.82, 2.24) is 4.98 Å². The maximum Gasteiger partial charge on any atom is 0.285 e. The largest absolute Gasteiger partial charge is 0.365 e. The van der Waals surface area contributed by atoms with Crippen LogP contribution in [0.1, 0.15) is 10.4 Å². The summed E-state index contributed by atoms with van der Waals surface area (Å²) in [5, 5.41) is 10.3. The highest BCUT2D eigenvalue weighted by molar-refractivity contribution is 5.96. The van der Waals surface area contributed by atoms with Gasteiger partial charge < -0.3 is 5.73 Å². The maximum absolute atomic E-state index is 10.6. The Hall–Kier alpha value is -1.98. The maximum atomic E-state index is 10.6. The van der Waals surface area contributed by atoms with Crippen LogP contribution >= 0.6 is 0 Å². The predicted octanol–water partition coefficient (Wildman–Crippen LogP) is 0.0887. The quantitative estimate of drug-likeness (QED) is 0.498. The number of nitro groups is 1. The summed E-state index contributed by atoms with van der Waals surface area (Å²) in [6, 6.07) is 1.13. The number of primary amides is 1. The number of rotatable bonds is 2. The highest BCUT2D eigenvalue weighted by Crippen LogP contribution is 2.14. The van der Waals surface area contributed by atoms with E-state index in [1.807, 2.05) is 0 Å². The molecule has 1 aromatic rings. The monoisotopic (exact) mass is 167 g/mol. The van der Waals surface area contributed by atoms with E-state index < -0.39 is 10.8 Å². The summed E-state index contributed by atoms with van der Waals surface area (Å²) < 4.78 is 0. The third-order valence-corrected chi connectivity index (χ3v) is 1.26. The molecule has 0 aliphatic carbocycles. The number of hydrogen-bond acceptors (Lipinski definition) is 4. The molecule has 0 bridgehead atoms. The number of carbonyl (C=O) groups is 1. The van der Waals surface area contributed by atoms with Crippen molar-refractivity contribution in [2.24, 2.45) is 5.73 Å². The average molecular weight is 167 g/mol. The Labute approximate surface area is 67.2 Å². The van der Waals surface area contributed by atoms with Gasteiger partial charge in [0, 0.05) is 18.5 Å². The van der Waals surface area contributed by atoms with Crippen molar-refractivity contribution in [1.29, 1.82) is 0 Å². The van der Waals surface area contributed by atoms with E-state index in [4.69, 9.17) is 5.73 Å². The van der Waals surface area contributed by atoms with Crippen LogP contribution in [0.15, 0.2) is 18.5 Å². The molecule has 0 aliphatic rings. The van der Waals surface area contributed by atoms with Gasteiger partial charge in [-0.15, -0.1) is 0 Å². The molecule has 0 aromatic carbocycles. The molecule has 2 N–H and O–H groups in total. The fourth-order valence-electron chi connectivity index (χ4n) is 0.736. The molecule has 0 radical (unpaired) electrons. The molecule has 0 fully saturated rings. The lowest BCUT2D eigenvalue weighted by Crippen LogP contribution is -2.13. The summed E-state index contributed by atoms with van der Waals surface area (Å²) >= 11 is 0. The van der Waals surface area contributed by atoms with Crippen molar-refractivity contribution >= 4 is 11.6 Å². The van der Waals surface area contributed by atoms with Gasteiger partial charge in [-0.1, -0.05) is 0 Å². The molecule has 1 aromatic heterocycles. The van der Waals surface area contributed by atoms with Crippen molar-refractivity contribution < 1.29 is 9.72 Å². The molecular weight excluding hydrogens is 162 g/mol. The van der Waals surface area contributed by atoms with Gasteiger partial charge in [0.2, 0.25) is 0 Å². The lowest BCUT2D eigenvalue weighted by Gasteiger charge is -1.95. The molecular formula is C6H5N3O3. The highest BCUT2D eigenvalue weighted by Gasteiger charge is 2.16. The Bertz CT molecular complexity index is 304. The minimum Gasteiger partial charge on any atom is -0.365 e. The molecule has 0 aliphatic heterocycles. The van der Waals surface area contributed by atoms with Crippen molar-refractivity contribution in [3.63, 3.8) is 0 Å². The first-order chi connectivity index (χ1) is 5.63. The SMILES string of the molecule is NC(=O)c1cnccc1[N+](=O)[O-]. The molecule has 62 valence electrons. The number of aromatic nitrogens is 1. The van der Waals surface area contributed by atoms with E-state index in [2.05, 4.69) is 4.98 Å². The number of carbonyl (C=O) groups excluding carboxylic acids is 1. The van der Waals surface area contributed by atoms with Gasteiger partial charge in [0.15, 0.2) is 0 Å². The van der Waals surface area contributed by atoms with Crippen LogP contribution in [0.2, 0.25) is 0 Å². The zero-order chi connectivity index (χ0) is 9.14. The van der Waals surface area contributed by atoms with Crippen LogP contribution in [-0.4, -0.2) is 15.8 Å². The third-order valence-electron chi connectivity index (χ3n) is 1.26. The van der Waals surface area contributed by atoms with E-state index in [-0.39, 0.29) is 11.3 Å². The number of pyridine rings is 1. The lowest BCUT2D eigenvalue weighted by atomic mass is 10.2. The lowest BCUT2D eigenvalue weighted by molar-refractivity contribution is -0.385. The molecule has 6 nitrogen and oxygen atoms in total. The van der Waals surface area contributed by atoms with E-state index in [1.165, 1.54) is 6.20 Å². The fraction of sp³-hybridized carbons (Fsp3) is 0. The molecule has 0 saturated carbocycles. The van der Waals surface area contributed by atoms with Crippen LogP contribution in [0.5, 0.6) is 0 Å². The van der Waals surface area contributed by atoms with Gasteiger partial charge in [-0.3, -0.25) is 19.9 Å². The first-order valence-corrected chi connectivity index (χ1v) is 3.01. The molecule has 1 amide bonds. The molecule has 1 heterocycles. The smallest absolute Gasteiger partial charge is 0.285 e. The van der Waals surface area contributed by atoms with Gasteiger partial charge in [0.05, 0.1) is 4.92 Å². The molecule has 1 rings (SSSR count). The zero-order valence-electron chi connectivity index (χ0n) is 5.93. The molecule has 0 unspecified atom stereocenters. The van der Waals surface area contributed by atoms with Crippen molar-refractivity contribution in [3.05, 3.63) is 34.1 Å². The van der Waals surface area contributed by atoms with Gasteiger partial charge in [-0.05, 0) is 0 Å². The second kappa shape index (κ2) is 2.95. The summed E-state index contributed by atoms with van der Waals surface area (Å²) in [5.41, 5.74) is 4.37. The number of amides is 1. The van der Waals surface area contributed by atoms with E-state index in [0.29, 0.717) is 0 Å². The van der Waals surface area contributed by atoms with E-state index >= 15 is 0 Å². The summed E-state index contributed by atoms with van der Waals surface area (Å²) in [5.74, 6) is -0.852. The minimum atomic E-state index is -0.852. The van der Waals surface area contributed by atoms with Crippen LogP contribution in [0.3, 0.4) is 0 Å². The number of nitrogens with zero attached hydrogens (tertiary/aromatic N) is 2. The first kappa shape index (κ1) is 8.12. The average Bonchev–Trinajstić information content (AvgIpc) is 2.04. The fourth-order valence-corrected chi connectivity index (χ4v) is 0.736. The third kappa shape index (κ3) is 1.36. The van der Waals surface area contributed by atoms with Crippen LogP contribution in [0.25, 0.3) is 0 Å². The molecule has 6 heteroatoms. The summed E-state index contributed by atoms with van der Waals surface area (Å²) in [7, 11) is 0. The normalized spacial score (nSPS) is 9.33. The second-order valence-electron chi connectivity index (χ2n) is 2.01. The first-order valence-electron chi connectivity index (χ1n) is 3.01. The van der Waals surface area contributed by atoms with Gasteiger partial charge in [0.25, 0.3) is 11.6 Å². The topological polar surface area (TPSA) is 99.1 Å². The summed E-state index contributed by atoms with van der Waals surface area (Å²) in [6.07, 6.45) is 2.30. The number of nitrogens with two attached hydrogens (primary N) is 1. The van der Waals surface area contributed by atoms with E-state index in [0.717, 1.165) is 12.3 Å². The van der Waals surface area contributed by atoms with Gasteiger partial charge in [-0.2, -0.15) is 0 Å². The molecule has 0 saturated heterocycles. The van der Waals surface area contributed by atoms with Crippen LogP contribution < -0.4 is 5.73 Å². The van der Waals surface area contributed by atoms with Crippen molar-refractivity contribution in [3.8, 4) is 0 Å². The molecule has 0 spiro atoms. The van der Waals surface area contributed by atoms with Crippen molar-refractivity contribution in [2.75, 3.05) is 0 Å².